The molecule has 34 heavy (non-hydrogen) atoms. The molecule has 1 aliphatic heterocycles. The number of aliphatic hydroxyl groups is 2. The molecule has 1 unspecified atom stereocenters. The lowest BCUT2D eigenvalue weighted by molar-refractivity contribution is 0.0691. The summed E-state index contributed by atoms with van der Waals surface area (Å²) in [5, 5.41) is 28.4. The monoisotopic (exact) mass is 471 g/mol. The van der Waals surface area contributed by atoms with Gasteiger partial charge in [-0.2, -0.15) is 0 Å². The summed E-state index contributed by atoms with van der Waals surface area (Å²) >= 11 is 0. The number of carboxylic acid groups (broad SMARTS) is 1. The second kappa shape index (κ2) is 11.9. The molecule has 1 atom stereocenters. The van der Waals surface area contributed by atoms with Gasteiger partial charge in [0.25, 0.3) is 0 Å². The van der Waals surface area contributed by atoms with Crippen molar-refractivity contribution in [3.05, 3.63) is 41.3 Å². The smallest absolute Gasteiger partial charge is 0.354 e. The van der Waals surface area contributed by atoms with Gasteiger partial charge in [-0.1, -0.05) is 25.2 Å². The second-order valence-electron chi connectivity index (χ2n) is 8.38. The Morgan fingerprint density at radius 1 is 1.24 bits per heavy atom. The van der Waals surface area contributed by atoms with Crippen LogP contribution in [-0.2, 0) is 4.74 Å². The fourth-order valence-electron chi connectivity index (χ4n) is 3.71. The van der Waals surface area contributed by atoms with Gasteiger partial charge in [0.05, 0.1) is 31.2 Å². The summed E-state index contributed by atoms with van der Waals surface area (Å²) < 4.78 is 5.58. The minimum absolute atomic E-state index is 0.0274. The number of rotatable bonds is 9. The van der Waals surface area contributed by atoms with Crippen LogP contribution in [0.4, 0.5) is 11.6 Å². The Morgan fingerprint density at radius 2 is 2.03 bits per heavy atom. The maximum atomic E-state index is 11.9. The molecule has 3 heterocycles. The van der Waals surface area contributed by atoms with Crippen LogP contribution in [0.25, 0.3) is 11.0 Å². The molecule has 0 amide bonds. The molecule has 0 radical (unpaired) electrons. The topological polar surface area (TPSA) is 132 Å². The van der Waals surface area contributed by atoms with Crippen molar-refractivity contribution < 1.29 is 24.9 Å². The van der Waals surface area contributed by atoms with Gasteiger partial charge in [-0.25, -0.2) is 19.7 Å². The Labute approximate surface area is 199 Å². The number of carbonyl (C=O) groups is 1. The Kier molecular flexibility index (Phi) is 8.91. The third-order valence-corrected chi connectivity index (χ3v) is 5.68. The Bertz CT molecular complexity index is 1060. The lowest BCUT2D eigenvalue weighted by Gasteiger charge is -2.24. The zero-order valence-electron chi connectivity index (χ0n) is 19.9. The van der Waals surface area contributed by atoms with Crippen LogP contribution < -0.4 is 9.80 Å². The van der Waals surface area contributed by atoms with Gasteiger partial charge in [-0.15, -0.1) is 0 Å². The van der Waals surface area contributed by atoms with E-state index in [0.29, 0.717) is 54.7 Å². The first-order chi connectivity index (χ1) is 16.3. The second-order valence-corrected chi connectivity index (χ2v) is 8.38. The van der Waals surface area contributed by atoms with Crippen molar-refractivity contribution in [3.8, 4) is 0 Å². The molecule has 2 aromatic rings. The van der Waals surface area contributed by atoms with E-state index in [1.54, 1.807) is 11.9 Å². The third-order valence-electron chi connectivity index (χ3n) is 5.68. The number of likely N-dealkylation sites (N-methyl/N-ethyl adjacent to an activating group) is 1. The molecule has 184 valence electrons. The predicted octanol–water partition coefficient (Wildman–Crippen LogP) is 1.98. The zero-order valence-corrected chi connectivity index (χ0v) is 19.9. The number of nitrogens with zero attached hydrogens (tertiary/aromatic N) is 5. The van der Waals surface area contributed by atoms with Gasteiger partial charge in [-0.05, 0) is 25.0 Å². The fraction of sp³-hybridized carbons (Fsp3) is 0.500. The van der Waals surface area contributed by atoms with E-state index in [9.17, 15) is 20.1 Å². The summed E-state index contributed by atoms with van der Waals surface area (Å²) in [5.41, 5.74) is 2.83. The number of aromatic nitrogens is 3. The van der Waals surface area contributed by atoms with Crippen LogP contribution in [-0.4, -0.2) is 89.4 Å². The first-order valence-electron chi connectivity index (χ1n) is 11.4. The molecule has 2 aromatic heterocycles. The SMILES string of the molecule is C/C(=C\C=C/C(C)c1nc(N2CCCOCC2)nc2c(N(C)CCO)cc(C(=O)O)nc12)CO. The van der Waals surface area contributed by atoms with E-state index >= 15 is 0 Å². The lowest BCUT2D eigenvalue weighted by atomic mass is 10.0. The van der Waals surface area contributed by atoms with Crippen molar-refractivity contribution >= 4 is 28.6 Å². The average Bonchev–Trinajstić information content (AvgIpc) is 3.12. The van der Waals surface area contributed by atoms with E-state index in [0.717, 1.165) is 18.5 Å². The predicted molar refractivity (Wildman–Crippen MR) is 131 cm³/mol. The molecule has 0 saturated carbocycles. The number of carboxylic acids is 1. The summed E-state index contributed by atoms with van der Waals surface area (Å²) in [6.45, 7) is 6.64. The number of hydrogen-bond acceptors (Lipinski definition) is 9. The van der Waals surface area contributed by atoms with Crippen LogP contribution in [0.2, 0.25) is 0 Å². The number of anilines is 2. The number of hydrogen-bond donors (Lipinski definition) is 3. The molecule has 10 heteroatoms. The highest BCUT2D eigenvalue weighted by Gasteiger charge is 2.23. The molecule has 1 saturated heterocycles. The molecule has 0 spiro atoms. The number of aliphatic hydroxyl groups excluding tert-OH is 2. The van der Waals surface area contributed by atoms with E-state index in [-0.39, 0.29) is 24.8 Å². The Hall–Kier alpha value is -3.08. The van der Waals surface area contributed by atoms with Gasteiger partial charge in [-0.3, -0.25) is 0 Å². The maximum absolute atomic E-state index is 11.9. The average molecular weight is 472 g/mol. The number of ether oxygens (including phenoxy) is 1. The number of fused-ring (bicyclic) bond motifs is 1. The van der Waals surface area contributed by atoms with Crippen LogP contribution in [0.15, 0.2) is 29.9 Å². The highest BCUT2D eigenvalue weighted by atomic mass is 16.5. The van der Waals surface area contributed by atoms with Crippen LogP contribution in [0.3, 0.4) is 0 Å². The van der Waals surface area contributed by atoms with Crippen molar-refractivity contribution in [1.82, 2.24) is 15.0 Å². The Balaban J connectivity index is 2.23. The number of pyridine rings is 1. The van der Waals surface area contributed by atoms with Gasteiger partial charge in [0.2, 0.25) is 5.95 Å². The molecule has 3 rings (SSSR count). The van der Waals surface area contributed by atoms with Crippen molar-refractivity contribution in [2.75, 3.05) is 62.9 Å². The quantitative estimate of drug-likeness (QED) is 0.466. The standard InChI is InChI=1S/C24H33N5O5/c1-16(15-31)6-4-7-17(2)20-22-21(27-24(26-20)29-8-5-12-34-13-10-29)19(28(3)9-11-30)14-18(25-22)23(32)33/h4,6-7,14,17,30-31H,5,8-13,15H2,1-3H3,(H,32,33)/b7-4-,16-6+. The largest absolute Gasteiger partial charge is 0.477 e. The molecule has 0 aliphatic carbocycles. The first-order valence-corrected chi connectivity index (χ1v) is 11.4. The van der Waals surface area contributed by atoms with E-state index in [2.05, 4.69) is 9.88 Å². The van der Waals surface area contributed by atoms with Crippen LogP contribution in [0, 0.1) is 0 Å². The molecule has 1 fully saturated rings. The highest BCUT2D eigenvalue weighted by Crippen LogP contribution is 2.32. The van der Waals surface area contributed by atoms with Crippen molar-refractivity contribution in [2.24, 2.45) is 0 Å². The van der Waals surface area contributed by atoms with Crippen molar-refractivity contribution in [1.29, 1.82) is 0 Å². The van der Waals surface area contributed by atoms with Crippen LogP contribution in [0.5, 0.6) is 0 Å². The van der Waals surface area contributed by atoms with Crippen molar-refractivity contribution in [2.45, 2.75) is 26.2 Å². The van der Waals surface area contributed by atoms with Gasteiger partial charge in [0, 0.05) is 39.2 Å². The van der Waals surface area contributed by atoms with Crippen molar-refractivity contribution in [3.63, 3.8) is 0 Å². The fourth-order valence-corrected chi connectivity index (χ4v) is 3.71. The minimum Gasteiger partial charge on any atom is -0.477 e. The summed E-state index contributed by atoms with van der Waals surface area (Å²) in [5.74, 6) is -0.813. The molecular formula is C24H33N5O5. The molecular weight excluding hydrogens is 438 g/mol. The number of aromatic carboxylic acids is 1. The van der Waals surface area contributed by atoms with Gasteiger partial charge < -0.3 is 29.9 Å². The summed E-state index contributed by atoms with van der Waals surface area (Å²) in [6.07, 6.45) is 6.46. The summed E-state index contributed by atoms with van der Waals surface area (Å²) in [4.78, 5) is 29.8. The molecule has 0 bridgehead atoms. The molecule has 3 N–H and O–H groups in total. The summed E-state index contributed by atoms with van der Waals surface area (Å²) in [6, 6.07) is 1.49. The zero-order chi connectivity index (χ0) is 24.7. The lowest BCUT2D eigenvalue weighted by Crippen LogP contribution is -2.29. The maximum Gasteiger partial charge on any atom is 0.354 e. The van der Waals surface area contributed by atoms with E-state index < -0.39 is 5.97 Å². The number of allylic oxidation sites excluding steroid dienone is 3. The first kappa shape index (κ1) is 25.5. The van der Waals surface area contributed by atoms with Crippen LogP contribution in [0.1, 0.15) is 42.4 Å². The van der Waals surface area contributed by atoms with Gasteiger partial charge in [0.15, 0.2) is 5.69 Å². The normalized spacial score (nSPS) is 16.1. The van der Waals surface area contributed by atoms with E-state index in [4.69, 9.17) is 14.7 Å². The minimum atomic E-state index is -1.15. The van der Waals surface area contributed by atoms with Crippen LogP contribution >= 0.6 is 0 Å². The molecule has 0 aromatic carbocycles. The summed E-state index contributed by atoms with van der Waals surface area (Å²) in [7, 11) is 1.78. The third kappa shape index (κ3) is 6.07. The molecule has 10 nitrogen and oxygen atoms in total. The molecule has 1 aliphatic rings. The Morgan fingerprint density at radius 3 is 2.74 bits per heavy atom. The van der Waals surface area contributed by atoms with E-state index in [1.165, 1.54) is 6.07 Å². The van der Waals surface area contributed by atoms with E-state index in [1.807, 2.05) is 32.1 Å². The highest BCUT2D eigenvalue weighted by molar-refractivity contribution is 5.96. The van der Waals surface area contributed by atoms with Gasteiger partial charge in [0.1, 0.15) is 11.0 Å². The van der Waals surface area contributed by atoms with Gasteiger partial charge >= 0.3 is 5.97 Å².